The Hall–Kier alpha value is -2.12. The maximum Gasteiger partial charge on any atom is 0.323 e. The van der Waals surface area contributed by atoms with E-state index in [4.69, 9.17) is 22.2 Å². The number of hydrogen-bond donors (Lipinski definition) is 3. The summed E-state index contributed by atoms with van der Waals surface area (Å²) < 4.78 is 5.25. The summed E-state index contributed by atoms with van der Waals surface area (Å²) >= 11 is 6.07. The Morgan fingerprint density at radius 3 is 2.65 bits per heavy atom. The van der Waals surface area contributed by atoms with Crippen LogP contribution in [0.1, 0.15) is 12.5 Å². The third-order valence-electron chi connectivity index (χ3n) is 2.45. The molecule has 20 heavy (non-hydrogen) atoms. The van der Waals surface area contributed by atoms with Gasteiger partial charge in [-0.05, 0) is 31.5 Å². The van der Waals surface area contributed by atoms with E-state index in [1.165, 1.54) is 0 Å². The Morgan fingerprint density at radius 1 is 1.25 bits per heavy atom. The van der Waals surface area contributed by atoms with E-state index in [2.05, 4.69) is 25.7 Å². The van der Waals surface area contributed by atoms with Gasteiger partial charge in [-0.2, -0.15) is 15.0 Å². The SMILES string of the molecule is CCOc1nc(NN)nc(Nc2ccc(C)c(Cl)c2)n1. The van der Waals surface area contributed by atoms with Crippen LogP contribution >= 0.6 is 11.6 Å². The molecular weight excluding hydrogens is 280 g/mol. The lowest BCUT2D eigenvalue weighted by atomic mass is 10.2. The highest BCUT2D eigenvalue weighted by Gasteiger charge is 2.07. The van der Waals surface area contributed by atoms with E-state index in [1.807, 2.05) is 26.0 Å². The van der Waals surface area contributed by atoms with E-state index in [0.717, 1.165) is 11.3 Å². The molecule has 0 saturated carbocycles. The smallest absolute Gasteiger partial charge is 0.323 e. The number of aryl methyl sites for hydroxylation is 1. The van der Waals surface area contributed by atoms with Crippen LogP contribution in [-0.2, 0) is 0 Å². The predicted octanol–water partition coefficient (Wildman–Crippen LogP) is 2.26. The number of hydrazine groups is 1. The second-order valence-electron chi connectivity index (χ2n) is 3.93. The number of ether oxygens (including phenoxy) is 1. The number of nitrogens with zero attached hydrogens (tertiary/aromatic N) is 3. The molecule has 0 aliphatic rings. The van der Waals surface area contributed by atoms with Crippen molar-refractivity contribution in [3.8, 4) is 6.01 Å². The number of anilines is 3. The van der Waals surface area contributed by atoms with Gasteiger partial charge in [-0.3, -0.25) is 5.43 Å². The molecule has 4 N–H and O–H groups in total. The number of rotatable bonds is 5. The van der Waals surface area contributed by atoms with Crippen molar-refractivity contribution in [1.29, 1.82) is 0 Å². The van der Waals surface area contributed by atoms with Gasteiger partial charge in [-0.15, -0.1) is 0 Å². The quantitative estimate of drug-likeness (QED) is 0.574. The van der Waals surface area contributed by atoms with Gasteiger partial charge in [0.1, 0.15) is 0 Å². The zero-order chi connectivity index (χ0) is 14.5. The monoisotopic (exact) mass is 294 g/mol. The van der Waals surface area contributed by atoms with Crippen molar-refractivity contribution in [2.75, 3.05) is 17.3 Å². The van der Waals surface area contributed by atoms with Gasteiger partial charge in [-0.25, -0.2) is 5.84 Å². The lowest BCUT2D eigenvalue weighted by Crippen LogP contribution is -2.13. The molecule has 2 aromatic rings. The van der Waals surface area contributed by atoms with Gasteiger partial charge in [-0.1, -0.05) is 17.7 Å². The first-order valence-electron chi connectivity index (χ1n) is 6.01. The first kappa shape index (κ1) is 14.3. The van der Waals surface area contributed by atoms with Gasteiger partial charge < -0.3 is 10.1 Å². The molecule has 0 saturated heterocycles. The van der Waals surface area contributed by atoms with E-state index in [0.29, 0.717) is 17.6 Å². The summed E-state index contributed by atoms with van der Waals surface area (Å²) in [6.07, 6.45) is 0. The number of aromatic nitrogens is 3. The number of nitrogens with two attached hydrogens (primary N) is 1. The van der Waals surface area contributed by atoms with Crippen LogP contribution in [0.15, 0.2) is 18.2 Å². The number of nitrogen functional groups attached to an aromatic ring is 1. The van der Waals surface area contributed by atoms with Crippen LogP contribution in [0, 0.1) is 6.92 Å². The van der Waals surface area contributed by atoms with Crippen molar-refractivity contribution < 1.29 is 4.74 Å². The Labute approximate surface area is 121 Å². The van der Waals surface area contributed by atoms with Gasteiger partial charge in [0.05, 0.1) is 6.61 Å². The minimum atomic E-state index is 0.191. The summed E-state index contributed by atoms with van der Waals surface area (Å²) in [7, 11) is 0. The second kappa shape index (κ2) is 6.36. The first-order valence-corrected chi connectivity index (χ1v) is 6.39. The molecular formula is C12H15ClN6O. The molecule has 0 amide bonds. The van der Waals surface area contributed by atoms with Crippen molar-refractivity contribution in [3.63, 3.8) is 0 Å². The summed E-state index contributed by atoms with van der Waals surface area (Å²) in [6, 6.07) is 5.76. The molecule has 2 rings (SSSR count). The number of hydrogen-bond acceptors (Lipinski definition) is 7. The lowest BCUT2D eigenvalue weighted by molar-refractivity contribution is 0.312. The molecule has 1 heterocycles. The Balaban J connectivity index is 2.27. The average Bonchev–Trinajstić information content (AvgIpc) is 2.43. The van der Waals surface area contributed by atoms with Crippen molar-refractivity contribution in [3.05, 3.63) is 28.8 Å². The minimum absolute atomic E-state index is 0.191. The predicted molar refractivity (Wildman–Crippen MR) is 78.3 cm³/mol. The minimum Gasteiger partial charge on any atom is -0.464 e. The number of benzene rings is 1. The Bertz CT molecular complexity index is 606. The van der Waals surface area contributed by atoms with E-state index in [9.17, 15) is 0 Å². The van der Waals surface area contributed by atoms with E-state index < -0.39 is 0 Å². The average molecular weight is 295 g/mol. The first-order chi connectivity index (χ1) is 9.62. The van der Waals surface area contributed by atoms with Crippen molar-refractivity contribution in [1.82, 2.24) is 15.0 Å². The van der Waals surface area contributed by atoms with Crippen molar-refractivity contribution in [2.24, 2.45) is 5.84 Å². The zero-order valence-corrected chi connectivity index (χ0v) is 11.9. The summed E-state index contributed by atoms with van der Waals surface area (Å²) in [4.78, 5) is 12.2. The third kappa shape index (κ3) is 3.46. The van der Waals surface area contributed by atoms with E-state index >= 15 is 0 Å². The van der Waals surface area contributed by atoms with E-state index in [1.54, 1.807) is 6.07 Å². The van der Waals surface area contributed by atoms with Crippen LogP contribution in [0.2, 0.25) is 5.02 Å². The highest BCUT2D eigenvalue weighted by molar-refractivity contribution is 6.31. The maximum atomic E-state index is 6.07. The molecule has 106 valence electrons. The van der Waals surface area contributed by atoms with Crippen LogP contribution in [0.4, 0.5) is 17.6 Å². The van der Waals surface area contributed by atoms with Gasteiger partial charge in [0.2, 0.25) is 11.9 Å². The maximum absolute atomic E-state index is 6.07. The Morgan fingerprint density at radius 2 is 2.00 bits per heavy atom. The van der Waals surface area contributed by atoms with Crippen molar-refractivity contribution >= 4 is 29.2 Å². The summed E-state index contributed by atoms with van der Waals surface area (Å²) in [5, 5.41) is 3.68. The molecule has 7 nitrogen and oxygen atoms in total. The highest BCUT2D eigenvalue weighted by atomic mass is 35.5. The molecule has 0 atom stereocenters. The molecule has 1 aromatic carbocycles. The zero-order valence-electron chi connectivity index (χ0n) is 11.1. The van der Waals surface area contributed by atoms with Crippen LogP contribution < -0.4 is 21.3 Å². The number of nitrogens with one attached hydrogen (secondary N) is 2. The molecule has 0 aliphatic carbocycles. The molecule has 0 fully saturated rings. The summed E-state index contributed by atoms with van der Waals surface area (Å²) in [5.41, 5.74) is 4.12. The molecule has 0 unspecified atom stereocenters. The highest BCUT2D eigenvalue weighted by Crippen LogP contribution is 2.22. The van der Waals surface area contributed by atoms with Gasteiger partial charge in [0.25, 0.3) is 0 Å². The summed E-state index contributed by atoms with van der Waals surface area (Å²) in [5.74, 6) is 5.84. The van der Waals surface area contributed by atoms with Crippen LogP contribution in [-0.4, -0.2) is 21.6 Å². The topological polar surface area (TPSA) is 98.0 Å². The van der Waals surface area contributed by atoms with Gasteiger partial charge in [0.15, 0.2) is 0 Å². The van der Waals surface area contributed by atoms with Crippen LogP contribution in [0.5, 0.6) is 6.01 Å². The molecule has 0 bridgehead atoms. The fraction of sp³-hybridized carbons (Fsp3) is 0.250. The standard InChI is InChI=1S/C12H15ClN6O/c1-3-20-12-17-10(16-11(18-12)19-14)15-8-5-4-7(2)9(13)6-8/h4-6H,3,14H2,1-2H3,(H2,15,16,17,18,19). The van der Waals surface area contributed by atoms with Gasteiger partial charge in [0, 0.05) is 10.7 Å². The summed E-state index contributed by atoms with van der Waals surface area (Å²) in [6.45, 7) is 4.22. The molecule has 0 aliphatic heterocycles. The molecule has 8 heteroatoms. The van der Waals surface area contributed by atoms with Crippen molar-refractivity contribution in [2.45, 2.75) is 13.8 Å². The fourth-order valence-corrected chi connectivity index (χ4v) is 1.65. The van der Waals surface area contributed by atoms with Gasteiger partial charge >= 0.3 is 6.01 Å². The lowest BCUT2D eigenvalue weighted by Gasteiger charge is -2.09. The molecule has 0 spiro atoms. The fourth-order valence-electron chi connectivity index (χ4n) is 1.47. The normalized spacial score (nSPS) is 10.2. The van der Waals surface area contributed by atoms with Crippen LogP contribution in [0.25, 0.3) is 0 Å². The third-order valence-corrected chi connectivity index (χ3v) is 2.85. The Kier molecular flexibility index (Phi) is 4.54. The second-order valence-corrected chi connectivity index (χ2v) is 4.34. The van der Waals surface area contributed by atoms with Crippen LogP contribution in [0.3, 0.4) is 0 Å². The molecule has 1 aromatic heterocycles. The largest absolute Gasteiger partial charge is 0.464 e. The van der Waals surface area contributed by atoms with E-state index in [-0.39, 0.29) is 12.0 Å². The number of halogens is 1. The molecule has 0 radical (unpaired) electrons.